The van der Waals surface area contributed by atoms with E-state index in [1.807, 2.05) is 55.5 Å². The van der Waals surface area contributed by atoms with Gasteiger partial charge in [0.05, 0.1) is 13.2 Å². The molecule has 0 heterocycles. The lowest BCUT2D eigenvalue weighted by Crippen LogP contribution is -2.28. The van der Waals surface area contributed by atoms with E-state index in [0.29, 0.717) is 19.8 Å². The smallest absolute Gasteiger partial charge is 0.407 e. The number of para-hydroxylation sites is 1. The molecule has 0 spiro atoms. The molecule has 0 saturated heterocycles. The Labute approximate surface area is 136 Å². The van der Waals surface area contributed by atoms with E-state index in [9.17, 15) is 4.79 Å². The fourth-order valence-corrected chi connectivity index (χ4v) is 1.97. The molecule has 2 rings (SSSR count). The summed E-state index contributed by atoms with van der Waals surface area (Å²) in [6.45, 7) is 4.83. The number of carbonyl (C=O) groups excluding carboxylic acids is 1. The Morgan fingerprint density at radius 2 is 1.87 bits per heavy atom. The predicted octanol–water partition coefficient (Wildman–Crippen LogP) is 3.91. The number of ether oxygens (including phenoxy) is 3. The number of hydrogen-bond donors (Lipinski definition) is 1. The Bertz CT molecular complexity index is 628. The third kappa shape index (κ3) is 5.54. The molecule has 1 amide bonds. The van der Waals surface area contributed by atoms with E-state index in [0.717, 1.165) is 22.8 Å². The van der Waals surface area contributed by atoms with Gasteiger partial charge in [-0.1, -0.05) is 18.2 Å². The largest absolute Gasteiger partial charge is 0.491 e. The van der Waals surface area contributed by atoms with Gasteiger partial charge in [-0.2, -0.15) is 0 Å². The topological polar surface area (TPSA) is 56.8 Å². The second-order valence-corrected chi connectivity index (χ2v) is 4.84. The lowest BCUT2D eigenvalue weighted by Gasteiger charge is -2.12. The van der Waals surface area contributed by atoms with E-state index < -0.39 is 6.09 Å². The van der Waals surface area contributed by atoms with Crippen molar-refractivity contribution in [2.24, 2.45) is 0 Å². The van der Waals surface area contributed by atoms with Gasteiger partial charge in [0.15, 0.2) is 0 Å². The highest BCUT2D eigenvalue weighted by Crippen LogP contribution is 2.27. The average molecular weight is 315 g/mol. The fourth-order valence-electron chi connectivity index (χ4n) is 1.97. The molecule has 2 aromatic rings. The van der Waals surface area contributed by atoms with Crippen LogP contribution in [0.3, 0.4) is 0 Å². The molecule has 0 aliphatic carbocycles. The molecular weight excluding hydrogens is 294 g/mol. The van der Waals surface area contributed by atoms with E-state index in [2.05, 4.69) is 5.32 Å². The van der Waals surface area contributed by atoms with Gasteiger partial charge in [0.1, 0.15) is 23.9 Å². The zero-order valence-electron chi connectivity index (χ0n) is 13.4. The molecule has 0 fully saturated rings. The zero-order chi connectivity index (χ0) is 16.5. The fraction of sp³-hybridized carbons (Fsp3) is 0.278. The van der Waals surface area contributed by atoms with Gasteiger partial charge in [0, 0.05) is 0 Å². The van der Waals surface area contributed by atoms with Crippen LogP contribution in [0.4, 0.5) is 4.79 Å². The highest BCUT2D eigenvalue weighted by atomic mass is 16.5. The van der Waals surface area contributed by atoms with Gasteiger partial charge in [-0.15, -0.1) is 0 Å². The van der Waals surface area contributed by atoms with Gasteiger partial charge in [-0.3, -0.25) is 0 Å². The molecule has 0 aliphatic heterocycles. The molecule has 5 nitrogen and oxygen atoms in total. The highest BCUT2D eigenvalue weighted by molar-refractivity contribution is 5.66. The minimum atomic E-state index is -0.431. The average Bonchev–Trinajstić information content (AvgIpc) is 2.54. The Morgan fingerprint density at radius 3 is 2.57 bits per heavy atom. The van der Waals surface area contributed by atoms with Crippen molar-refractivity contribution in [2.45, 2.75) is 13.8 Å². The predicted molar refractivity (Wildman–Crippen MR) is 88.2 cm³/mol. The maximum Gasteiger partial charge on any atom is 0.407 e. The van der Waals surface area contributed by atoms with Gasteiger partial charge in [-0.05, 0) is 49.7 Å². The van der Waals surface area contributed by atoms with E-state index in [1.165, 1.54) is 0 Å². The normalized spacial score (nSPS) is 10.0. The number of amides is 1. The number of benzene rings is 2. The lowest BCUT2D eigenvalue weighted by atomic mass is 10.2. The van der Waals surface area contributed by atoms with Crippen molar-refractivity contribution < 1.29 is 19.0 Å². The Balaban J connectivity index is 1.83. The van der Waals surface area contributed by atoms with Crippen LogP contribution in [-0.2, 0) is 4.74 Å². The Kier molecular flexibility index (Phi) is 6.29. The molecular formula is C18H21NO4. The maximum atomic E-state index is 11.1. The molecule has 0 radical (unpaired) electrons. The molecule has 0 atom stereocenters. The maximum absolute atomic E-state index is 11.1. The van der Waals surface area contributed by atoms with Crippen LogP contribution < -0.4 is 14.8 Å². The SMILES string of the molecule is CCOC(=O)NCCOc1ccc(Oc2ccccc2)cc1C. The molecule has 2 aromatic carbocycles. The van der Waals surface area contributed by atoms with Crippen molar-refractivity contribution in [3.05, 3.63) is 54.1 Å². The highest BCUT2D eigenvalue weighted by Gasteiger charge is 2.04. The first-order chi connectivity index (χ1) is 11.2. The van der Waals surface area contributed by atoms with Crippen molar-refractivity contribution in [2.75, 3.05) is 19.8 Å². The Hall–Kier alpha value is -2.69. The molecule has 23 heavy (non-hydrogen) atoms. The van der Waals surface area contributed by atoms with Gasteiger partial charge in [-0.25, -0.2) is 4.79 Å². The van der Waals surface area contributed by atoms with Crippen LogP contribution in [0.2, 0.25) is 0 Å². The molecule has 122 valence electrons. The third-order valence-corrected chi connectivity index (χ3v) is 3.03. The van der Waals surface area contributed by atoms with Gasteiger partial charge in [0.2, 0.25) is 0 Å². The van der Waals surface area contributed by atoms with Gasteiger partial charge >= 0.3 is 6.09 Å². The van der Waals surface area contributed by atoms with Gasteiger partial charge < -0.3 is 19.5 Å². The molecule has 0 unspecified atom stereocenters. The Morgan fingerprint density at radius 1 is 1.09 bits per heavy atom. The van der Waals surface area contributed by atoms with Crippen LogP contribution >= 0.6 is 0 Å². The van der Waals surface area contributed by atoms with Crippen molar-refractivity contribution in [1.82, 2.24) is 5.32 Å². The summed E-state index contributed by atoms with van der Waals surface area (Å²) in [5.74, 6) is 2.31. The van der Waals surface area contributed by atoms with Crippen LogP contribution in [0.5, 0.6) is 17.2 Å². The summed E-state index contributed by atoms with van der Waals surface area (Å²) < 4.78 is 16.2. The van der Waals surface area contributed by atoms with Crippen molar-refractivity contribution in [1.29, 1.82) is 0 Å². The van der Waals surface area contributed by atoms with Crippen LogP contribution in [0.25, 0.3) is 0 Å². The minimum absolute atomic E-state index is 0.356. The number of nitrogens with one attached hydrogen (secondary N) is 1. The zero-order valence-corrected chi connectivity index (χ0v) is 13.4. The molecule has 0 aliphatic rings. The minimum Gasteiger partial charge on any atom is -0.491 e. The van der Waals surface area contributed by atoms with Crippen LogP contribution in [0.15, 0.2) is 48.5 Å². The summed E-state index contributed by atoms with van der Waals surface area (Å²) in [7, 11) is 0. The summed E-state index contributed by atoms with van der Waals surface area (Å²) >= 11 is 0. The van der Waals surface area contributed by atoms with E-state index in [-0.39, 0.29) is 0 Å². The van der Waals surface area contributed by atoms with E-state index >= 15 is 0 Å². The number of carbonyl (C=O) groups is 1. The standard InChI is InChI=1S/C18H21NO4/c1-3-21-18(20)19-11-12-22-17-10-9-16(13-14(17)2)23-15-7-5-4-6-8-15/h4-10,13H,3,11-12H2,1-2H3,(H,19,20). The first kappa shape index (κ1) is 16.7. The lowest BCUT2D eigenvalue weighted by molar-refractivity contribution is 0.150. The summed E-state index contributed by atoms with van der Waals surface area (Å²) in [6, 6.07) is 15.2. The van der Waals surface area contributed by atoms with E-state index in [4.69, 9.17) is 14.2 Å². The quantitative estimate of drug-likeness (QED) is 0.787. The molecule has 0 bridgehead atoms. The molecule has 0 saturated carbocycles. The first-order valence-electron chi connectivity index (χ1n) is 7.56. The summed E-state index contributed by atoms with van der Waals surface area (Å²) in [4.78, 5) is 11.1. The monoisotopic (exact) mass is 315 g/mol. The van der Waals surface area contributed by atoms with Crippen LogP contribution in [0, 0.1) is 6.92 Å². The van der Waals surface area contributed by atoms with Gasteiger partial charge in [0.25, 0.3) is 0 Å². The second kappa shape index (κ2) is 8.68. The van der Waals surface area contributed by atoms with Crippen molar-refractivity contribution >= 4 is 6.09 Å². The number of alkyl carbamates (subject to hydrolysis) is 1. The molecule has 1 N–H and O–H groups in total. The summed E-state index contributed by atoms with van der Waals surface area (Å²) in [6.07, 6.45) is -0.431. The number of rotatable bonds is 7. The number of hydrogen-bond acceptors (Lipinski definition) is 4. The molecule has 5 heteroatoms. The first-order valence-corrected chi connectivity index (χ1v) is 7.56. The molecule has 0 aromatic heterocycles. The van der Waals surface area contributed by atoms with Crippen molar-refractivity contribution in [3.63, 3.8) is 0 Å². The summed E-state index contributed by atoms with van der Waals surface area (Å²) in [5, 5.41) is 2.61. The van der Waals surface area contributed by atoms with E-state index in [1.54, 1.807) is 6.92 Å². The summed E-state index contributed by atoms with van der Waals surface area (Å²) in [5.41, 5.74) is 0.967. The third-order valence-electron chi connectivity index (χ3n) is 3.03. The number of aryl methyl sites for hydroxylation is 1. The second-order valence-electron chi connectivity index (χ2n) is 4.84. The van der Waals surface area contributed by atoms with Crippen LogP contribution in [0.1, 0.15) is 12.5 Å². The van der Waals surface area contributed by atoms with Crippen molar-refractivity contribution in [3.8, 4) is 17.2 Å². The van der Waals surface area contributed by atoms with Crippen LogP contribution in [-0.4, -0.2) is 25.9 Å².